The number of hydrogen-bond acceptors (Lipinski definition) is 4. The number of aromatic nitrogens is 5. The molecule has 0 fully saturated rings. The first-order valence-electron chi connectivity index (χ1n) is 9.22. The van der Waals surface area contributed by atoms with Crippen molar-refractivity contribution in [1.29, 1.82) is 0 Å². The summed E-state index contributed by atoms with van der Waals surface area (Å²) in [5.74, 6) is -1.45. The van der Waals surface area contributed by atoms with Crippen LogP contribution < -0.4 is 5.56 Å². The Hall–Kier alpha value is -3.94. The molecule has 8 heteroatoms. The monoisotopic (exact) mass is 403 g/mol. The summed E-state index contributed by atoms with van der Waals surface area (Å²) in [5.41, 5.74) is 1.98. The van der Waals surface area contributed by atoms with Gasteiger partial charge < -0.3 is 0 Å². The third-order valence-electron chi connectivity index (χ3n) is 5.03. The van der Waals surface area contributed by atoms with Crippen LogP contribution in [0, 0.1) is 11.6 Å². The molecule has 0 N–H and O–H groups in total. The van der Waals surface area contributed by atoms with Gasteiger partial charge in [-0.15, -0.1) is 0 Å². The van der Waals surface area contributed by atoms with E-state index in [0.29, 0.717) is 22.3 Å². The van der Waals surface area contributed by atoms with Gasteiger partial charge in [0.2, 0.25) is 0 Å². The molecule has 0 spiro atoms. The summed E-state index contributed by atoms with van der Waals surface area (Å²) in [6.07, 6.45) is 4.48. The number of nitrogens with zero attached hydrogens (tertiary/aromatic N) is 5. The van der Waals surface area contributed by atoms with Gasteiger partial charge in [-0.1, -0.05) is 6.07 Å². The molecule has 0 radical (unpaired) electrons. The minimum Gasteiger partial charge on any atom is -0.299 e. The lowest BCUT2D eigenvalue weighted by Crippen LogP contribution is -2.22. The molecular weight excluding hydrogens is 388 g/mol. The third kappa shape index (κ3) is 3.02. The van der Waals surface area contributed by atoms with Gasteiger partial charge in [-0.25, -0.2) is 18.7 Å². The second-order valence-corrected chi connectivity index (χ2v) is 7.02. The van der Waals surface area contributed by atoms with E-state index < -0.39 is 17.2 Å². The first kappa shape index (κ1) is 18.1. The van der Waals surface area contributed by atoms with Crippen molar-refractivity contribution < 1.29 is 8.78 Å². The van der Waals surface area contributed by atoms with Gasteiger partial charge in [0.25, 0.3) is 5.56 Å². The molecule has 148 valence electrons. The average Bonchev–Trinajstić information content (AvgIpc) is 3.11. The number of fused-ring (bicyclic) bond motifs is 2. The number of halogens is 2. The summed E-state index contributed by atoms with van der Waals surface area (Å²) in [6.45, 7) is -0.261. The zero-order valence-corrected chi connectivity index (χ0v) is 15.9. The molecule has 3 aromatic heterocycles. The summed E-state index contributed by atoms with van der Waals surface area (Å²) in [6, 6.07) is 11.3. The molecule has 0 aliphatic heterocycles. The zero-order chi connectivity index (χ0) is 20.8. The highest BCUT2D eigenvalue weighted by molar-refractivity contribution is 5.84. The van der Waals surface area contributed by atoms with E-state index in [2.05, 4.69) is 15.1 Å². The molecule has 6 nitrogen and oxygen atoms in total. The predicted molar refractivity (Wildman–Crippen MR) is 109 cm³/mol. The smallest absolute Gasteiger partial charge is 0.269 e. The van der Waals surface area contributed by atoms with Crippen LogP contribution in [0.4, 0.5) is 8.78 Å². The molecule has 0 saturated carbocycles. The normalized spacial score (nSPS) is 11.4. The Balaban J connectivity index is 1.58. The van der Waals surface area contributed by atoms with Gasteiger partial charge in [0.15, 0.2) is 5.65 Å². The van der Waals surface area contributed by atoms with Crippen molar-refractivity contribution in [2.24, 2.45) is 7.05 Å². The zero-order valence-electron chi connectivity index (χ0n) is 15.9. The second kappa shape index (κ2) is 6.84. The maximum absolute atomic E-state index is 14.9. The molecule has 2 aromatic carbocycles. The number of hydrogen-bond donors (Lipinski definition) is 0. The van der Waals surface area contributed by atoms with Gasteiger partial charge in [0.05, 0.1) is 23.8 Å². The van der Waals surface area contributed by atoms with Crippen LogP contribution in [-0.4, -0.2) is 24.3 Å². The summed E-state index contributed by atoms with van der Waals surface area (Å²) >= 11 is 0. The molecule has 3 heterocycles. The molecule has 5 aromatic rings. The van der Waals surface area contributed by atoms with Gasteiger partial charge in [0, 0.05) is 30.4 Å². The Labute approximate surface area is 169 Å². The van der Waals surface area contributed by atoms with E-state index in [1.54, 1.807) is 29.1 Å². The van der Waals surface area contributed by atoms with Crippen LogP contribution in [0.1, 0.15) is 5.56 Å². The molecule has 0 saturated heterocycles. The van der Waals surface area contributed by atoms with Crippen LogP contribution in [-0.2, 0) is 13.6 Å². The van der Waals surface area contributed by atoms with E-state index in [4.69, 9.17) is 0 Å². The quantitative estimate of drug-likeness (QED) is 0.461. The van der Waals surface area contributed by atoms with Crippen LogP contribution >= 0.6 is 0 Å². The SMILES string of the molecule is Cn1cc2cc(-c3cc(F)c(Cn4c(=O)cnc5ncccc54)c(F)c3)ccc2n1. The highest BCUT2D eigenvalue weighted by Crippen LogP contribution is 2.27. The topological polar surface area (TPSA) is 65.6 Å². The van der Waals surface area contributed by atoms with Gasteiger partial charge in [-0.05, 0) is 47.5 Å². The Morgan fingerprint density at radius 2 is 1.80 bits per heavy atom. The summed E-state index contributed by atoms with van der Waals surface area (Å²) in [5, 5.41) is 5.18. The van der Waals surface area contributed by atoms with Gasteiger partial charge in [-0.2, -0.15) is 5.10 Å². The predicted octanol–water partition coefficient (Wildman–Crippen LogP) is 3.67. The average molecular weight is 403 g/mol. The first-order chi connectivity index (χ1) is 14.5. The number of rotatable bonds is 3. The number of benzene rings is 2. The molecule has 0 amide bonds. The maximum Gasteiger partial charge on any atom is 0.269 e. The van der Waals surface area contributed by atoms with E-state index in [9.17, 15) is 13.6 Å². The lowest BCUT2D eigenvalue weighted by molar-refractivity contribution is 0.545. The van der Waals surface area contributed by atoms with Gasteiger partial charge >= 0.3 is 0 Å². The number of pyridine rings is 1. The lowest BCUT2D eigenvalue weighted by atomic mass is 10.0. The highest BCUT2D eigenvalue weighted by Gasteiger charge is 2.16. The first-order valence-corrected chi connectivity index (χ1v) is 9.22. The molecular formula is C22H15F2N5O. The Morgan fingerprint density at radius 1 is 1.00 bits per heavy atom. The van der Waals surface area contributed by atoms with Crippen molar-refractivity contribution in [3.05, 3.63) is 88.6 Å². The van der Waals surface area contributed by atoms with Crippen LogP contribution in [0.2, 0.25) is 0 Å². The van der Waals surface area contributed by atoms with Gasteiger partial charge in [0.1, 0.15) is 11.6 Å². The van der Waals surface area contributed by atoms with Crippen molar-refractivity contribution in [3.8, 4) is 11.1 Å². The minimum atomic E-state index is -0.725. The second-order valence-electron chi connectivity index (χ2n) is 7.02. The molecule has 0 aliphatic rings. The van der Waals surface area contributed by atoms with Crippen LogP contribution in [0.25, 0.3) is 33.2 Å². The van der Waals surface area contributed by atoms with E-state index in [1.807, 2.05) is 25.4 Å². The van der Waals surface area contributed by atoms with Crippen LogP contribution in [0.5, 0.6) is 0 Å². The molecule has 0 unspecified atom stereocenters. The summed E-state index contributed by atoms with van der Waals surface area (Å²) in [7, 11) is 1.81. The third-order valence-corrected chi connectivity index (χ3v) is 5.03. The largest absolute Gasteiger partial charge is 0.299 e. The van der Waals surface area contributed by atoms with Gasteiger partial charge in [-0.3, -0.25) is 14.0 Å². The van der Waals surface area contributed by atoms with Crippen LogP contribution in [0.15, 0.2) is 65.8 Å². The Morgan fingerprint density at radius 3 is 2.60 bits per heavy atom. The van der Waals surface area contributed by atoms with E-state index >= 15 is 0 Å². The number of aryl methyl sites for hydroxylation is 1. The Kier molecular flexibility index (Phi) is 4.13. The van der Waals surface area contributed by atoms with Crippen molar-refractivity contribution in [1.82, 2.24) is 24.3 Å². The fraction of sp³-hybridized carbons (Fsp3) is 0.0909. The van der Waals surface area contributed by atoms with Crippen molar-refractivity contribution >= 4 is 22.1 Å². The highest BCUT2D eigenvalue weighted by atomic mass is 19.1. The van der Waals surface area contributed by atoms with Crippen molar-refractivity contribution in [3.63, 3.8) is 0 Å². The molecule has 0 bridgehead atoms. The standard InChI is InChI=1S/C22H15F2N5O/c1-28-11-15-7-13(4-5-19(15)27-28)14-8-17(23)16(18(24)9-14)12-29-20-3-2-6-25-22(20)26-10-21(29)30/h2-11H,12H2,1H3. The maximum atomic E-state index is 14.9. The fourth-order valence-electron chi connectivity index (χ4n) is 3.57. The molecule has 0 atom stereocenters. The lowest BCUT2D eigenvalue weighted by Gasteiger charge is -2.12. The summed E-state index contributed by atoms with van der Waals surface area (Å²) in [4.78, 5) is 20.3. The van der Waals surface area contributed by atoms with E-state index in [0.717, 1.165) is 17.1 Å². The van der Waals surface area contributed by atoms with E-state index in [1.165, 1.54) is 16.7 Å². The van der Waals surface area contributed by atoms with Crippen molar-refractivity contribution in [2.75, 3.05) is 0 Å². The molecule has 5 rings (SSSR count). The van der Waals surface area contributed by atoms with E-state index in [-0.39, 0.29) is 12.1 Å². The minimum absolute atomic E-state index is 0.195. The summed E-state index contributed by atoms with van der Waals surface area (Å²) < 4.78 is 32.8. The van der Waals surface area contributed by atoms with Crippen molar-refractivity contribution in [2.45, 2.75) is 6.54 Å². The molecule has 0 aliphatic carbocycles. The van der Waals surface area contributed by atoms with Crippen LogP contribution in [0.3, 0.4) is 0 Å². The Bertz CT molecular complexity index is 1470. The fourth-order valence-corrected chi connectivity index (χ4v) is 3.57. The molecule has 30 heavy (non-hydrogen) atoms.